The highest BCUT2D eigenvalue weighted by Gasteiger charge is 2.08. The molecule has 0 N–H and O–H groups in total. The Hall–Kier alpha value is -1.08. The lowest BCUT2D eigenvalue weighted by Gasteiger charge is -2.20. The van der Waals surface area contributed by atoms with Gasteiger partial charge >= 0.3 is 0 Å². The number of thiocarbonyl (C=S) groups is 2. The van der Waals surface area contributed by atoms with Gasteiger partial charge in [0.1, 0.15) is 8.64 Å². The third-order valence-electron chi connectivity index (χ3n) is 3.82. The van der Waals surface area contributed by atoms with Crippen molar-refractivity contribution in [1.29, 1.82) is 0 Å². The molecule has 138 valence electrons. The summed E-state index contributed by atoms with van der Waals surface area (Å²) in [6.45, 7) is 0. The number of para-hydroxylation sites is 2. The van der Waals surface area contributed by atoms with Crippen molar-refractivity contribution in [2.45, 2.75) is 12.8 Å². The van der Waals surface area contributed by atoms with E-state index >= 15 is 0 Å². The summed E-state index contributed by atoms with van der Waals surface area (Å²) < 4.78 is 1.84. The Morgan fingerprint density at radius 2 is 1.04 bits per heavy atom. The van der Waals surface area contributed by atoms with Crippen LogP contribution in [0.5, 0.6) is 0 Å². The Labute approximate surface area is 176 Å². The molecule has 0 bridgehead atoms. The van der Waals surface area contributed by atoms with Crippen LogP contribution in [0.4, 0.5) is 11.4 Å². The normalized spacial score (nSPS) is 10.4. The first kappa shape index (κ1) is 21.2. The van der Waals surface area contributed by atoms with Crippen molar-refractivity contribution in [3.63, 3.8) is 0 Å². The molecule has 0 aliphatic carbocycles. The van der Waals surface area contributed by atoms with E-state index < -0.39 is 0 Å². The van der Waals surface area contributed by atoms with Crippen molar-refractivity contribution in [2.75, 3.05) is 35.4 Å². The van der Waals surface area contributed by atoms with Crippen LogP contribution >= 0.6 is 48.0 Å². The van der Waals surface area contributed by atoms with Gasteiger partial charge in [-0.25, -0.2) is 0 Å². The molecule has 0 unspecified atom stereocenters. The lowest BCUT2D eigenvalue weighted by atomic mass is 10.3. The average molecular weight is 421 g/mol. The van der Waals surface area contributed by atoms with Crippen LogP contribution in [0, 0.1) is 0 Å². The fraction of sp³-hybridized carbons (Fsp3) is 0.300. The van der Waals surface area contributed by atoms with Crippen molar-refractivity contribution in [1.82, 2.24) is 0 Å². The summed E-state index contributed by atoms with van der Waals surface area (Å²) in [4.78, 5) is 4.14. The minimum absolute atomic E-state index is 0.920. The molecule has 0 amide bonds. The van der Waals surface area contributed by atoms with Crippen LogP contribution in [0.2, 0.25) is 0 Å². The summed E-state index contributed by atoms with van der Waals surface area (Å²) in [7, 11) is 4.05. The Morgan fingerprint density at radius 1 is 0.692 bits per heavy atom. The van der Waals surface area contributed by atoms with Crippen LogP contribution in [0.1, 0.15) is 12.8 Å². The molecule has 0 radical (unpaired) electrons. The molecule has 2 nitrogen and oxygen atoms in total. The molecule has 6 heteroatoms. The summed E-state index contributed by atoms with van der Waals surface area (Å²) in [6, 6.07) is 20.5. The first-order valence-electron chi connectivity index (χ1n) is 8.50. The number of anilines is 2. The minimum Gasteiger partial charge on any atom is -0.330 e. The topological polar surface area (TPSA) is 6.48 Å². The van der Waals surface area contributed by atoms with Gasteiger partial charge < -0.3 is 9.80 Å². The third kappa shape index (κ3) is 6.91. The van der Waals surface area contributed by atoms with E-state index in [2.05, 4.69) is 34.1 Å². The van der Waals surface area contributed by atoms with Gasteiger partial charge in [-0.3, -0.25) is 0 Å². The number of hydrogen-bond acceptors (Lipinski definition) is 4. The van der Waals surface area contributed by atoms with Crippen LogP contribution in [0.25, 0.3) is 0 Å². The van der Waals surface area contributed by atoms with Gasteiger partial charge in [0.25, 0.3) is 0 Å². The van der Waals surface area contributed by atoms with Gasteiger partial charge in [0.15, 0.2) is 0 Å². The molecule has 26 heavy (non-hydrogen) atoms. The van der Waals surface area contributed by atoms with Crippen molar-refractivity contribution in [3.05, 3.63) is 60.7 Å². The number of rotatable bonds is 7. The highest BCUT2D eigenvalue weighted by Crippen LogP contribution is 2.21. The van der Waals surface area contributed by atoms with Gasteiger partial charge in [0, 0.05) is 37.0 Å². The van der Waals surface area contributed by atoms with E-state index in [0.29, 0.717) is 0 Å². The number of thioether (sulfide) groups is 2. The van der Waals surface area contributed by atoms with E-state index in [1.54, 1.807) is 23.5 Å². The van der Waals surface area contributed by atoms with Gasteiger partial charge in [0.05, 0.1) is 0 Å². The minimum atomic E-state index is 0.920. The number of nitrogens with zero attached hydrogens (tertiary/aromatic N) is 2. The van der Waals surface area contributed by atoms with Crippen LogP contribution < -0.4 is 9.80 Å². The molecule has 0 saturated heterocycles. The summed E-state index contributed by atoms with van der Waals surface area (Å²) >= 11 is 14.5. The van der Waals surface area contributed by atoms with Crippen LogP contribution in [-0.2, 0) is 0 Å². The summed E-state index contributed by atoms with van der Waals surface area (Å²) in [5, 5.41) is 0. The highest BCUT2D eigenvalue weighted by atomic mass is 32.2. The molecule has 0 heterocycles. The lowest BCUT2D eigenvalue weighted by molar-refractivity contribution is 0.910. The Kier molecular flexibility index (Phi) is 9.46. The molecule has 0 atom stereocenters. The van der Waals surface area contributed by atoms with E-state index in [1.165, 1.54) is 0 Å². The highest BCUT2D eigenvalue weighted by molar-refractivity contribution is 8.23. The molecule has 0 saturated carbocycles. The molecular formula is C20H24N2S4. The molecule has 0 spiro atoms. The second kappa shape index (κ2) is 11.6. The molecular weight excluding hydrogens is 397 g/mol. The molecule has 2 rings (SSSR count). The van der Waals surface area contributed by atoms with E-state index in [4.69, 9.17) is 24.4 Å². The third-order valence-corrected chi connectivity index (χ3v) is 7.11. The monoisotopic (exact) mass is 420 g/mol. The first-order chi connectivity index (χ1) is 12.6. The average Bonchev–Trinajstić information content (AvgIpc) is 2.70. The Balaban J connectivity index is 1.60. The predicted molar refractivity (Wildman–Crippen MR) is 129 cm³/mol. The zero-order chi connectivity index (χ0) is 18.8. The van der Waals surface area contributed by atoms with Crippen LogP contribution in [0.15, 0.2) is 60.7 Å². The number of unbranched alkanes of at least 4 members (excludes halogenated alkanes) is 1. The quantitative estimate of drug-likeness (QED) is 0.393. The van der Waals surface area contributed by atoms with E-state index in [9.17, 15) is 0 Å². The van der Waals surface area contributed by atoms with Gasteiger partial charge in [-0.05, 0) is 37.1 Å². The maximum absolute atomic E-state index is 5.52. The Morgan fingerprint density at radius 3 is 1.38 bits per heavy atom. The van der Waals surface area contributed by atoms with Crippen LogP contribution in [-0.4, -0.2) is 34.2 Å². The molecule has 0 fully saturated rings. The fourth-order valence-electron chi connectivity index (χ4n) is 2.23. The fourth-order valence-corrected chi connectivity index (χ4v) is 4.59. The molecule has 2 aromatic rings. The summed E-state index contributed by atoms with van der Waals surface area (Å²) in [5.41, 5.74) is 2.27. The van der Waals surface area contributed by atoms with Crippen molar-refractivity contribution in [2.24, 2.45) is 0 Å². The maximum atomic E-state index is 5.52. The van der Waals surface area contributed by atoms with Crippen molar-refractivity contribution < 1.29 is 0 Å². The van der Waals surface area contributed by atoms with Gasteiger partial charge in [0.2, 0.25) is 0 Å². The van der Waals surface area contributed by atoms with Gasteiger partial charge in [-0.1, -0.05) is 84.4 Å². The second-order valence-corrected chi connectivity index (χ2v) is 9.18. The van der Waals surface area contributed by atoms with Gasteiger partial charge in [-0.2, -0.15) is 0 Å². The van der Waals surface area contributed by atoms with Crippen molar-refractivity contribution in [3.8, 4) is 0 Å². The molecule has 0 aromatic heterocycles. The Bertz CT molecular complexity index is 630. The van der Waals surface area contributed by atoms with Crippen LogP contribution in [0.3, 0.4) is 0 Å². The summed E-state index contributed by atoms with van der Waals surface area (Å²) in [5.74, 6) is 2.08. The number of hydrogen-bond donors (Lipinski definition) is 0. The SMILES string of the molecule is CN(C(=S)SCCCCSC(=S)N(C)c1ccccc1)c1ccccc1. The zero-order valence-corrected chi connectivity index (χ0v) is 18.4. The van der Waals surface area contributed by atoms with E-state index in [-0.39, 0.29) is 0 Å². The number of benzene rings is 2. The van der Waals surface area contributed by atoms with E-state index in [0.717, 1.165) is 44.4 Å². The predicted octanol–water partition coefficient (Wildman–Crippen LogP) is 6.08. The summed E-state index contributed by atoms with van der Waals surface area (Å²) in [6.07, 6.45) is 2.27. The first-order valence-corrected chi connectivity index (χ1v) is 11.3. The largest absolute Gasteiger partial charge is 0.330 e. The second-order valence-electron chi connectivity index (χ2n) is 5.72. The zero-order valence-electron chi connectivity index (χ0n) is 15.1. The standard InChI is InChI=1S/C20H24N2S4/c1-21(17-11-5-3-6-12-17)19(23)25-15-9-10-16-26-20(24)22(2)18-13-7-4-8-14-18/h3-8,11-14H,9-10,15-16H2,1-2H3. The van der Waals surface area contributed by atoms with Gasteiger partial charge in [-0.15, -0.1) is 0 Å². The molecule has 0 aliphatic heterocycles. The van der Waals surface area contributed by atoms with Crippen molar-refractivity contribution >= 4 is 68.0 Å². The lowest BCUT2D eigenvalue weighted by Crippen LogP contribution is -2.22. The molecule has 0 aliphatic rings. The van der Waals surface area contributed by atoms with E-state index in [1.807, 2.05) is 50.5 Å². The smallest absolute Gasteiger partial charge is 0.140 e. The maximum Gasteiger partial charge on any atom is 0.140 e. The molecule has 2 aromatic carbocycles.